The van der Waals surface area contributed by atoms with Gasteiger partial charge in [-0.2, -0.15) is 0 Å². The minimum Gasteiger partial charge on any atom is -0.396 e. The molecule has 1 amide bonds. The molecule has 1 aromatic rings. The molecule has 5 nitrogen and oxygen atoms in total. The molecule has 1 rings (SSSR count). The van der Waals surface area contributed by atoms with Crippen LogP contribution in [-0.4, -0.2) is 33.7 Å². The van der Waals surface area contributed by atoms with Gasteiger partial charge in [-0.25, -0.2) is 0 Å². The van der Waals surface area contributed by atoms with Crippen molar-refractivity contribution in [3.05, 3.63) is 29.1 Å². The quantitative estimate of drug-likeness (QED) is 0.813. The maximum absolute atomic E-state index is 12.0. The van der Waals surface area contributed by atoms with E-state index in [2.05, 4.69) is 27.7 Å². The predicted molar refractivity (Wildman–Crippen MR) is 75.3 cm³/mol. The second-order valence-corrected chi connectivity index (χ2v) is 5.92. The highest BCUT2D eigenvalue weighted by molar-refractivity contribution is 9.10. The number of carbonyl (C=O) groups is 1. The lowest BCUT2D eigenvalue weighted by Crippen LogP contribution is -2.47. The molecule has 19 heavy (non-hydrogen) atoms. The zero-order chi connectivity index (χ0) is 14.6. The molecule has 0 aliphatic heterocycles. The second-order valence-electron chi connectivity index (χ2n) is 5.11. The van der Waals surface area contributed by atoms with Gasteiger partial charge >= 0.3 is 0 Å². The van der Waals surface area contributed by atoms with Crippen LogP contribution >= 0.6 is 15.9 Å². The van der Waals surface area contributed by atoms with Crippen LogP contribution in [0.5, 0.6) is 0 Å². The largest absolute Gasteiger partial charge is 0.396 e. The molecule has 0 aromatic carbocycles. The number of carbonyl (C=O) groups excluding carboxylic acids is 1. The molecule has 106 valence electrons. The fourth-order valence-electron chi connectivity index (χ4n) is 1.61. The van der Waals surface area contributed by atoms with Crippen LogP contribution < -0.4 is 0 Å². The van der Waals surface area contributed by atoms with Crippen LogP contribution in [-0.2, 0) is 11.3 Å². The molecule has 1 heterocycles. The molecule has 0 fully saturated rings. The van der Waals surface area contributed by atoms with E-state index in [0.29, 0.717) is 10.4 Å². The number of nitrogens with zero attached hydrogens (tertiary/aromatic N) is 2. The van der Waals surface area contributed by atoms with Crippen molar-refractivity contribution in [2.24, 2.45) is 5.41 Å². The Hall–Kier alpha value is -1.14. The van der Waals surface area contributed by atoms with Gasteiger partial charge < -0.3 is 14.5 Å². The summed E-state index contributed by atoms with van der Waals surface area (Å²) in [5, 5.41) is 13.2. The Morgan fingerprint density at radius 1 is 1.74 bits per heavy atom. The van der Waals surface area contributed by atoms with Crippen LogP contribution in [0.3, 0.4) is 0 Å². The monoisotopic (exact) mass is 330 g/mol. The number of aliphatic hydroxyl groups excluding tert-OH is 1. The molecular formula is C13H19BrN2O3. The molecule has 0 radical (unpaired) electrons. The lowest BCUT2D eigenvalue weighted by molar-refractivity contribution is -0.132. The number of amides is 1. The third kappa shape index (κ3) is 3.91. The Morgan fingerprint density at radius 3 is 2.79 bits per heavy atom. The third-order valence-electron chi connectivity index (χ3n) is 3.32. The summed E-state index contributed by atoms with van der Waals surface area (Å²) in [5.74, 6) is 0.365. The number of hydrogen-bond donors (Lipinski definition) is 1. The number of aromatic nitrogens is 1. The summed E-state index contributed by atoms with van der Waals surface area (Å²) >= 11 is 3.20. The van der Waals surface area contributed by atoms with E-state index >= 15 is 0 Å². The molecule has 0 saturated heterocycles. The average Bonchev–Trinajstić information content (AvgIpc) is 2.79. The van der Waals surface area contributed by atoms with Crippen molar-refractivity contribution in [1.29, 1.82) is 0 Å². The Morgan fingerprint density at radius 2 is 2.37 bits per heavy atom. The smallest absolute Gasteiger partial charge is 0.246 e. The standard InChI is InChI=1S/C13H19BrN2O3/c1-5-12(18)16(9(2)13(3,4)8-17)7-10-6-11(14)15-19-10/h5-6,9,17H,1,7-8H2,2-4H3. The van der Waals surface area contributed by atoms with Crippen molar-refractivity contribution in [2.75, 3.05) is 6.61 Å². The van der Waals surface area contributed by atoms with Crippen molar-refractivity contribution in [2.45, 2.75) is 33.4 Å². The van der Waals surface area contributed by atoms with E-state index in [1.54, 1.807) is 11.0 Å². The number of rotatable bonds is 6. The average molecular weight is 331 g/mol. The molecule has 6 heteroatoms. The van der Waals surface area contributed by atoms with E-state index in [1.165, 1.54) is 6.08 Å². The molecular weight excluding hydrogens is 312 g/mol. The minimum absolute atomic E-state index is 0.0187. The van der Waals surface area contributed by atoms with E-state index in [4.69, 9.17) is 4.52 Å². The first-order chi connectivity index (χ1) is 8.81. The van der Waals surface area contributed by atoms with Gasteiger partial charge in [0, 0.05) is 17.5 Å². The summed E-state index contributed by atoms with van der Waals surface area (Å²) in [4.78, 5) is 13.6. The molecule has 1 unspecified atom stereocenters. The highest BCUT2D eigenvalue weighted by Crippen LogP contribution is 2.26. The van der Waals surface area contributed by atoms with Crippen molar-refractivity contribution in [3.8, 4) is 0 Å². The SMILES string of the molecule is C=CC(=O)N(Cc1cc(Br)no1)C(C)C(C)(C)CO. The van der Waals surface area contributed by atoms with E-state index in [-0.39, 0.29) is 25.1 Å². The van der Waals surface area contributed by atoms with Crippen LogP contribution in [0, 0.1) is 5.41 Å². The summed E-state index contributed by atoms with van der Waals surface area (Å²) in [6.07, 6.45) is 1.26. The summed E-state index contributed by atoms with van der Waals surface area (Å²) in [5.41, 5.74) is -0.421. The van der Waals surface area contributed by atoms with Crippen LogP contribution in [0.25, 0.3) is 0 Å². The highest BCUT2D eigenvalue weighted by Gasteiger charge is 2.32. The van der Waals surface area contributed by atoms with Crippen molar-refractivity contribution < 1.29 is 14.4 Å². The molecule has 0 aliphatic carbocycles. The summed E-state index contributed by atoms with van der Waals surface area (Å²) < 4.78 is 5.68. The van der Waals surface area contributed by atoms with Gasteiger partial charge in [-0.3, -0.25) is 4.79 Å². The van der Waals surface area contributed by atoms with E-state index in [9.17, 15) is 9.90 Å². The van der Waals surface area contributed by atoms with E-state index < -0.39 is 5.41 Å². The molecule has 1 N–H and O–H groups in total. The Kier molecular flexibility index (Phi) is 5.31. The predicted octanol–water partition coefficient (Wildman–Crippen LogP) is 2.36. The fraction of sp³-hybridized carbons (Fsp3) is 0.538. The molecule has 0 bridgehead atoms. The lowest BCUT2D eigenvalue weighted by Gasteiger charge is -2.38. The summed E-state index contributed by atoms with van der Waals surface area (Å²) in [7, 11) is 0. The normalized spacial score (nSPS) is 13.1. The Labute approximate surface area is 121 Å². The van der Waals surface area contributed by atoms with Gasteiger partial charge in [0.1, 0.15) is 4.60 Å². The van der Waals surface area contributed by atoms with Crippen LogP contribution in [0.15, 0.2) is 27.8 Å². The Bertz CT molecular complexity index is 456. The topological polar surface area (TPSA) is 66.6 Å². The fourth-order valence-corrected chi connectivity index (χ4v) is 1.93. The minimum atomic E-state index is -0.421. The molecule has 0 spiro atoms. The van der Waals surface area contributed by atoms with Gasteiger partial charge in [0.15, 0.2) is 5.76 Å². The van der Waals surface area contributed by atoms with Crippen LogP contribution in [0.2, 0.25) is 0 Å². The zero-order valence-electron chi connectivity index (χ0n) is 11.4. The maximum atomic E-state index is 12.0. The van der Waals surface area contributed by atoms with Gasteiger partial charge in [0.25, 0.3) is 0 Å². The van der Waals surface area contributed by atoms with Crippen molar-refractivity contribution in [3.63, 3.8) is 0 Å². The van der Waals surface area contributed by atoms with Gasteiger partial charge in [0.2, 0.25) is 5.91 Å². The lowest BCUT2D eigenvalue weighted by atomic mass is 9.85. The van der Waals surface area contributed by atoms with Gasteiger partial charge in [0.05, 0.1) is 13.2 Å². The second kappa shape index (κ2) is 6.34. The third-order valence-corrected chi connectivity index (χ3v) is 3.69. The zero-order valence-corrected chi connectivity index (χ0v) is 13.0. The highest BCUT2D eigenvalue weighted by atomic mass is 79.9. The number of halogens is 1. The van der Waals surface area contributed by atoms with Crippen molar-refractivity contribution in [1.82, 2.24) is 10.1 Å². The molecule has 1 aromatic heterocycles. The van der Waals surface area contributed by atoms with Gasteiger partial charge in [-0.1, -0.05) is 25.6 Å². The molecule has 0 aliphatic rings. The first-order valence-corrected chi connectivity index (χ1v) is 6.76. The Balaban J connectivity index is 2.95. The molecule has 1 atom stereocenters. The number of aliphatic hydroxyl groups is 1. The first-order valence-electron chi connectivity index (χ1n) is 5.97. The van der Waals surface area contributed by atoms with Crippen LogP contribution in [0.4, 0.5) is 0 Å². The van der Waals surface area contributed by atoms with Gasteiger partial charge in [-0.05, 0) is 28.9 Å². The molecule has 0 saturated carbocycles. The first kappa shape index (κ1) is 15.9. The van der Waals surface area contributed by atoms with E-state index in [1.807, 2.05) is 20.8 Å². The van der Waals surface area contributed by atoms with Crippen molar-refractivity contribution >= 4 is 21.8 Å². The van der Waals surface area contributed by atoms with Crippen LogP contribution in [0.1, 0.15) is 26.5 Å². The van der Waals surface area contributed by atoms with Gasteiger partial charge in [-0.15, -0.1) is 0 Å². The summed E-state index contributed by atoms with van der Waals surface area (Å²) in [6.45, 7) is 9.47. The number of hydrogen-bond acceptors (Lipinski definition) is 4. The maximum Gasteiger partial charge on any atom is 0.246 e. The summed E-state index contributed by atoms with van der Waals surface area (Å²) in [6, 6.07) is 1.54. The van der Waals surface area contributed by atoms with E-state index in [0.717, 1.165) is 0 Å².